The highest BCUT2D eigenvalue weighted by Crippen LogP contribution is 2.32. The van der Waals surface area contributed by atoms with Gasteiger partial charge in [-0.1, -0.05) is 36.4 Å². The molecule has 2 aromatic carbocycles. The zero-order valence-corrected chi connectivity index (χ0v) is 17.0. The number of fused-ring (bicyclic) bond motifs is 1. The summed E-state index contributed by atoms with van der Waals surface area (Å²) in [7, 11) is 0. The van der Waals surface area contributed by atoms with Gasteiger partial charge in [-0.25, -0.2) is 4.79 Å². The maximum Gasteiger partial charge on any atom is 0.341 e. The van der Waals surface area contributed by atoms with Crippen LogP contribution in [0, 0.1) is 0 Å². The summed E-state index contributed by atoms with van der Waals surface area (Å²) in [6.07, 6.45) is 1.68. The number of carboxylic acids is 1. The normalized spacial score (nSPS) is 15.2. The summed E-state index contributed by atoms with van der Waals surface area (Å²) in [5.74, 6) is -0.645. The van der Waals surface area contributed by atoms with E-state index in [9.17, 15) is 14.4 Å². The zero-order valence-electron chi connectivity index (χ0n) is 17.0. The van der Waals surface area contributed by atoms with Crippen LogP contribution >= 0.6 is 0 Å². The molecular formula is C23H26N2O5. The lowest BCUT2D eigenvalue weighted by molar-refractivity contribution is -0.139. The Hall–Kier alpha value is -3.35. The average Bonchev–Trinajstić information content (AvgIpc) is 2.73. The van der Waals surface area contributed by atoms with Gasteiger partial charge in [-0.2, -0.15) is 0 Å². The summed E-state index contributed by atoms with van der Waals surface area (Å²) in [4.78, 5) is 36.9. The number of rotatable bonds is 8. The van der Waals surface area contributed by atoms with Crippen molar-refractivity contribution in [1.82, 2.24) is 10.2 Å². The van der Waals surface area contributed by atoms with Crippen LogP contribution in [-0.2, 0) is 27.2 Å². The molecule has 0 aromatic heterocycles. The largest absolute Gasteiger partial charge is 0.482 e. The van der Waals surface area contributed by atoms with E-state index in [1.54, 1.807) is 24.0 Å². The molecule has 7 heteroatoms. The molecule has 1 aliphatic heterocycles. The third kappa shape index (κ3) is 5.59. The first-order valence-electron chi connectivity index (χ1n) is 9.99. The maximum atomic E-state index is 12.6. The molecule has 7 nitrogen and oxygen atoms in total. The summed E-state index contributed by atoms with van der Waals surface area (Å²) < 4.78 is 5.11. The highest BCUT2D eigenvalue weighted by molar-refractivity contribution is 5.79. The van der Waals surface area contributed by atoms with Gasteiger partial charge in [0.25, 0.3) is 0 Å². The second-order valence-electron chi connectivity index (χ2n) is 7.31. The summed E-state index contributed by atoms with van der Waals surface area (Å²) in [6, 6.07) is 14.9. The minimum Gasteiger partial charge on any atom is -0.482 e. The van der Waals surface area contributed by atoms with Crippen LogP contribution in [0.25, 0.3) is 0 Å². The molecule has 0 radical (unpaired) electrons. The van der Waals surface area contributed by atoms with Crippen LogP contribution in [0.2, 0.25) is 0 Å². The minimum absolute atomic E-state index is 0.0208. The second kappa shape index (κ2) is 9.91. The quantitative estimate of drug-likeness (QED) is 0.696. The number of benzene rings is 2. The van der Waals surface area contributed by atoms with E-state index in [0.29, 0.717) is 25.3 Å². The standard InChI is InChI=1S/C23H26N2O5/c1-16(26)25-13-11-18-4-2-3-5-20(18)21(25)14-22(27)24-12-10-17-6-8-19(9-7-17)30-15-23(28)29/h2-9,21H,10-15H2,1H3,(H,24,27)(H,28,29)/t21-/m0/s1. The highest BCUT2D eigenvalue weighted by Gasteiger charge is 2.30. The van der Waals surface area contributed by atoms with Crippen LogP contribution in [-0.4, -0.2) is 47.5 Å². The summed E-state index contributed by atoms with van der Waals surface area (Å²) in [5, 5.41) is 11.6. The molecule has 0 aliphatic carbocycles. The number of ether oxygens (including phenoxy) is 1. The third-order valence-electron chi connectivity index (χ3n) is 5.22. The van der Waals surface area contributed by atoms with E-state index in [-0.39, 0.29) is 30.9 Å². The van der Waals surface area contributed by atoms with E-state index < -0.39 is 5.97 Å². The molecule has 0 unspecified atom stereocenters. The van der Waals surface area contributed by atoms with E-state index in [1.165, 1.54) is 5.56 Å². The first kappa shape index (κ1) is 21.4. The van der Waals surface area contributed by atoms with Crippen molar-refractivity contribution < 1.29 is 24.2 Å². The van der Waals surface area contributed by atoms with Crippen LogP contribution in [0.5, 0.6) is 5.75 Å². The lowest BCUT2D eigenvalue weighted by Crippen LogP contribution is -2.41. The molecular weight excluding hydrogens is 384 g/mol. The molecule has 0 bridgehead atoms. The highest BCUT2D eigenvalue weighted by atomic mass is 16.5. The predicted molar refractivity (Wildman–Crippen MR) is 111 cm³/mol. The van der Waals surface area contributed by atoms with Gasteiger partial charge < -0.3 is 20.1 Å². The number of carbonyl (C=O) groups excluding carboxylic acids is 2. The van der Waals surface area contributed by atoms with Crippen LogP contribution in [0.1, 0.15) is 36.1 Å². The van der Waals surface area contributed by atoms with Gasteiger partial charge in [-0.3, -0.25) is 9.59 Å². The Morgan fingerprint density at radius 3 is 2.57 bits per heavy atom. The first-order valence-corrected chi connectivity index (χ1v) is 9.99. The Kier molecular flexibility index (Phi) is 7.06. The Morgan fingerprint density at radius 1 is 1.13 bits per heavy atom. The molecule has 2 aromatic rings. The molecule has 1 aliphatic rings. The Labute approximate surface area is 175 Å². The van der Waals surface area contributed by atoms with Crippen LogP contribution < -0.4 is 10.1 Å². The Morgan fingerprint density at radius 2 is 1.87 bits per heavy atom. The van der Waals surface area contributed by atoms with Crippen LogP contribution in [0.3, 0.4) is 0 Å². The molecule has 1 atom stereocenters. The van der Waals surface area contributed by atoms with Crippen molar-refractivity contribution in [3.63, 3.8) is 0 Å². The number of nitrogens with zero attached hydrogens (tertiary/aromatic N) is 1. The number of amides is 2. The number of hydrogen-bond donors (Lipinski definition) is 2. The SMILES string of the molecule is CC(=O)N1CCc2ccccc2[C@@H]1CC(=O)NCCc1ccc(OCC(=O)O)cc1. The molecule has 158 valence electrons. The van der Waals surface area contributed by atoms with E-state index in [2.05, 4.69) is 11.4 Å². The molecule has 0 spiro atoms. The van der Waals surface area contributed by atoms with Crippen molar-refractivity contribution in [2.24, 2.45) is 0 Å². The van der Waals surface area contributed by atoms with Gasteiger partial charge >= 0.3 is 5.97 Å². The topological polar surface area (TPSA) is 95.9 Å². The van der Waals surface area contributed by atoms with E-state index in [0.717, 1.165) is 17.5 Å². The molecule has 3 rings (SSSR count). The summed E-state index contributed by atoms with van der Waals surface area (Å²) in [6.45, 7) is 2.27. The van der Waals surface area contributed by atoms with Crippen molar-refractivity contribution in [3.8, 4) is 5.75 Å². The maximum absolute atomic E-state index is 12.6. The second-order valence-corrected chi connectivity index (χ2v) is 7.31. The fraction of sp³-hybridized carbons (Fsp3) is 0.348. The molecule has 2 N–H and O–H groups in total. The van der Waals surface area contributed by atoms with E-state index in [4.69, 9.17) is 9.84 Å². The number of carbonyl (C=O) groups is 3. The molecule has 0 fully saturated rings. The molecule has 1 heterocycles. The van der Waals surface area contributed by atoms with Crippen molar-refractivity contribution in [1.29, 1.82) is 0 Å². The fourth-order valence-corrected chi connectivity index (χ4v) is 3.74. The van der Waals surface area contributed by atoms with Gasteiger partial charge in [-0.15, -0.1) is 0 Å². The molecule has 0 saturated carbocycles. The monoisotopic (exact) mass is 410 g/mol. The van der Waals surface area contributed by atoms with Crippen LogP contribution in [0.15, 0.2) is 48.5 Å². The Bertz CT molecular complexity index is 910. The van der Waals surface area contributed by atoms with Crippen molar-refractivity contribution in [2.75, 3.05) is 19.7 Å². The number of hydrogen-bond acceptors (Lipinski definition) is 4. The molecule has 30 heavy (non-hydrogen) atoms. The minimum atomic E-state index is -1.02. The summed E-state index contributed by atoms with van der Waals surface area (Å²) in [5.41, 5.74) is 3.25. The van der Waals surface area contributed by atoms with E-state index in [1.807, 2.05) is 30.3 Å². The number of nitrogens with one attached hydrogen (secondary N) is 1. The fourth-order valence-electron chi connectivity index (χ4n) is 3.74. The summed E-state index contributed by atoms with van der Waals surface area (Å²) >= 11 is 0. The van der Waals surface area contributed by atoms with Crippen LogP contribution in [0.4, 0.5) is 0 Å². The van der Waals surface area contributed by atoms with Crippen molar-refractivity contribution >= 4 is 17.8 Å². The van der Waals surface area contributed by atoms with Gasteiger partial charge in [0.15, 0.2) is 6.61 Å². The smallest absolute Gasteiger partial charge is 0.341 e. The number of carboxylic acid groups (broad SMARTS) is 1. The van der Waals surface area contributed by atoms with Crippen molar-refractivity contribution in [2.45, 2.75) is 32.2 Å². The van der Waals surface area contributed by atoms with Crippen molar-refractivity contribution in [3.05, 3.63) is 65.2 Å². The molecule has 2 amide bonds. The average molecular weight is 410 g/mol. The first-order chi connectivity index (χ1) is 14.4. The van der Waals surface area contributed by atoms with E-state index >= 15 is 0 Å². The third-order valence-corrected chi connectivity index (χ3v) is 5.22. The Balaban J connectivity index is 1.52. The van der Waals surface area contributed by atoms with Gasteiger partial charge in [-0.05, 0) is 41.7 Å². The van der Waals surface area contributed by atoms with Gasteiger partial charge in [0, 0.05) is 20.0 Å². The molecule has 0 saturated heterocycles. The lowest BCUT2D eigenvalue weighted by atomic mass is 9.90. The van der Waals surface area contributed by atoms with Gasteiger partial charge in [0.05, 0.1) is 12.5 Å². The zero-order chi connectivity index (χ0) is 21.5. The lowest BCUT2D eigenvalue weighted by Gasteiger charge is -2.36. The number of aliphatic carboxylic acids is 1. The predicted octanol–water partition coefficient (Wildman–Crippen LogP) is 2.34. The van der Waals surface area contributed by atoms with Gasteiger partial charge in [0.2, 0.25) is 11.8 Å². The van der Waals surface area contributed by atoms with Gasteiger partial charge in [0.1, 0.15) is 5.75 Å².